The predicted octanol–water partition coefficient (Wildman–Crippen LogP) is 8.68. The minimum Gasteiger partial charge on any atom is -0.382 e. The first kappa shape index (κ1) is 37.6. The van der Waals surface area contributed by atoms with Gasteiger partial charge >= 0.3 is 7.60 Å². The monoisotopic (exact) mass is 625 g/mol. The lowest BCUT2D eigenvalue weighted by Gasteiger charge is -2.23. The smallest absolute Gasteiger partial charge is 0.356 e. The van der Waals surface area contributed by atoms with Crippen molar-refractivity contribution in [2.75, 3.05) is 31.9 Å². The Bertz CT molecular complexity index is 1020. The average molecular weight is 626 g/mol. The molecule has 2 atom stereocenters. The van der Waals surface area contributed by atoms with Crippen LogP contribution in [0, 0.1) is 0 Å². The molecule has 248 valence electrons. The standard InChI is InChI=1S/C32H60N5O5P/c1-5-6-7-8-9-10-11-12-13-14-15-16-17-18-19-20-21-39-22-23-41-43(38,42-28(2)3)27-40-29(4)24-37-26-36-30-31(33)34-25-35-32(30)37/h25-26,28-29H,5-24,27H2,1-4H3,(H2,33,34,35)/t29-,43?/m1/s1. The second kappa shape index (κ2) is 22.9. The predicted molar refractivity (Wildman–Crippen MR) is 175 cm³/mol. The molecule has 2 aromatic rings. The second-order valence-corrected chi connectivity index (χ2v) is 13.9. The molecule has 1 unspecified atom stereocenters. The molecule has 11 heteroatoms. The van der Waals surface area contributed by atoms with Crippen LogP contribution in [0.15, 0.2) is 12.7 Å². The Morgan fingerprint density at radius 2 is 1.37 bits per heavy atom. The third kappa shape index (κ3) is 16.9. The van der Waals surface area contributed by atoms with Crippen molar-refractivity contribution in [1.29, 1.82) is 0 Å². The molecular formula is C32H60N5O5P. The van der Waals surface area contributed by atoms with Gasteiger partial charge in [0.25, 0.3) is 0 Å². The summed E-state index contributed by atoms with van der Waals surface area (Å²) >= 11 is 0. The molecule has 2 rings (SSSR count). The van der Waals surface area contributed by atoms with E-state index in [9.17, 15) is 4.57 Å². The van der Waals surface area contributed by atoms with Gasteiger partial charge in [-0.3, -0.25) is 4.57 Å². The number of hydrogen-bond acceptors (Lipinski definition) is 9. The summed E-state index contributed by atoms with van der Waals surface area (Å²) in [6.07, 6.45) is 24.0. The number of aromatic nitrogens is 4. The van der Waals surface area contributed by atoms with Crippen LogP contribution in [0.3, 0.4) is 0 Å². The van der Waals surface area contributed by atoms with Crippen molar-refractivity contribution in [3.63, 3.8) is 0 Å². The van der Waals surface area contributed by atoms with E-state index in [2.05, 4.69) is 21.9 Å². The van der Waals surface area contributed by atoms with Crippen LogP contribution in [0.1, 0.15) is 130 Å². The SMILES string of the molecule is CCCCCCCCCCCCCCCCCCOCCOP(=O)(CO[C@H](C)Cn1cnc2c(N)ncnc21)OC(C)C. The van der Waals surface area contributed by atoms with E-state index >= 15 is 0 Å². The number of nitrogen functional groups attached to an aromatic ring is 1. The summed E-state index contributed by atoms with van der Waals surface area (Å²) in [6, 6.07) is 0. The number of ether oxygens (including phenoxy) is 2. The maximum absolute atomic E-state index is 13.3. The van der Waals surface area contributed by atoms with E-state index in [1.165, 1.54) is 103 Å². The van der Waals surface area contributed by atoms with Crippen molar-refractivity contribution in [3.8, 4) is 0 Å². The van der Waals surface area contributed by atoms with Crippen molar-refractivity contribution in [2.45, 2.75) is 149 Å². The van der Waals surface area contributed by atoms with Gasteiger partial charge in [0.2, 0.25) is 0 Å². The molecule has 0 fully saturated rings. The van der Waals surface area contributed by atoms with Crippen molar-refractivity contribution in [3.05, 3.63) is 12.7 Å². The van der Waals surface area contributed by atoms with Crippen molar-refractivity contribution in [2.24, 2.45) is 0 Å². The quantitative estimate of drug-likeness (QED) is 0.0730. The van der Waals surface area contributed by atoms with Crippen LogP contribution in [0.4, 0.5) is 5.82 Å². The number of imidazole rings is 1. The summed E-state index contributed by atoms with van der Waals surface area (Å²) < 4.78 is 38.1. The van der Waals surface area contributed by atoms with E-state index in [-0.39, 0.29) is 25.2 Å². The van der Waals surface area contributed by atoms with Crippen LogP contribution < -0.4 is 5.73 Å². The average Bonchev–Trinajstić information content (AvgIpc) is 3.38. The summed E-state index contributed by atoms with van der Waals surface area (Å²) in [5.74, 6) is 0.331. The Morgan fingerprint density at radius 3 is 1.95 bits per heavy atom. The number of nitrogens with zero attached hydrogens (tertiary/aromatic N) is 4. The molecule has 0 saturated carbocycles. The molecule has 0 radical (unpaired) electrons. The molecule has 10 nitrogen and oxygen atoms in total. The summed E-state index contributed by atoms with van der Waals surface area (Å²) in [6.45, 7) is 9.54. The summed E-state index contributed by atoms with van der Waals surface area (Å²) in [5.41, 5.74) is 7.04. The first-order chi connectivity index (χ1) is 20.8. The number of anilines is 1. The van der Waals surface area contributed by atoms with Gasteiger partial charge in [0.05, 0.1) is 38.3 Å². The lowest BCUT2D eigenvalue weighted by Crippen LogP contribution is -2.19. The second-order valence-electron chi connectivity index (χ2n) is 11.9. The van der Waals surface area contributed by atoms with Crippen LogP contribution in [0.2, 0.25) is 0 Å². The minimum absolute atomic E-state index is 0.144. The van der Waals surface area contributed by atoms with Crippen LogP contribution >= 0.6 is 7.60 Å². The zero-order valence-electron chi connectivity index (χ0n) is 27.5. The Kier molecular flexibility index (Phi) is 20.0. The van der Waals surface area contributed by atoms with E-state index in [4.69, 9.17) is 24.3 Å². The fourth-order valence-electron chi connectivity index (χ4n) is 5.09. The van der Waals surface area contributed by atoms with Crippen molar-refractivity contribution >= 4 is 24.6 Å². The first-order valence-electron chi connectivity index (χ1n) is 16.9. The minimum atomic E-state index is -3.44. The highest BCUT2D eigenvalue weighted by molar-refractivity contribution is 7.53. The Labute approximate surface area is 260 Å². The van der Waals surface area contributed by atoms with E-state index in [0.717, 1.165) is 6.42 Å². The normalized spacial score (nSPS) is 14.1. The Morgan fingerprint density at radius 1 is 0.791 bits per heavy atom. The highest BCUT2D eigenvalue weighted by Crippen LogP contribution is 2.49. The highest BCUT2D eigenvalue weighted by atomic mass is 31.2. The molecule has 0 aliphatic heterocycles. The van der Waals surface area contributed by atoms with E-state index in [1.54, 1.807) is 6.33 Å². The number of nitrogens with two attached hydrogens (primary N) is 1. The number of fused-ring (bicyclic) bond motifs is 1. The van der Waals surface area contributed by atoms with E-state index in [1.807, 2.05) is 25.3 Å². The largest absolute Gasteiger partial charge is 0.382 e. The lowest BCUT2D eigenvalue weighted by molar-refractivity contribution is 0.0489. The highest BCUT2D eigenvalue weighted by Gasteiger charge is 2.28. The van der Waals surface area contributed by atoms with E-state index < -0.39 is 7.60 Å². The van der Waals surface area contributed by atoms with Gasteiger partial charge in [0, 0.05) is 6.61 Å². The van der Waals surface area contributed by atoms with E-state index in [0.29, 0.717) is 36.7 Å². The van der Waals surface area contributed by atoms with Crippen molar-refractivity contribution in [1.82, 2.24) is 19.5 Å². The van der Waals surface area contributed by atoms with Gasteiger partial charge in [-0.2, -0.15) is 0 Å². The van der Waals surface area contributed by atoms with Gasteiger partial charge in [-0.25, -0.2) is 15.0 Å². The molecular weight excluding hydrogens is 565 g/mol. The summed E-state index contributed by atoms with van der Waals surface area (Å²) in [5, 5.41) is 0. The van der Waals surface area contributed by atoms with Gasteiger partial charge in [-0.05, 0) is 27.2 Å². The molecule has 0 bridgehead atoms. The number of unbranched alkanes of at least 4 members (excludes halogenated alkanes) is 15. The molecule has 0 aliphatic carbocycles. The fraction of sp³-hybridized carbons (Fsp3) is 0.844. The van der Waals surface area contributed by atoms with Crippen LogP contribution in [-0.4, -0.2) is 57.9 Å². The Hall–Kier alpha value is -1.58. The third-order valence-electron chi connectivity index (χ3n) is 7.43. The van der Waals surface area contributed by atoms with Crippen LogP contribution in [0.25, 0.3) is 11.2 Å². The van der Waals surface area contributed by atoms with Crippen LogP contribution in [0.5, 0.6) is 0 Å². The zero-order chi connectivity index (χ0) is 31.2. The van der Waals surface area contributed by atoms with Crippen molar-refractivity contribution < 1.29 is 23.1 Å². The molecule has 2 N–H and O–H groups in total. The zero-order valence-corrected chi connectivity index (χ0v) is 28.4. The molecule has 0 saturated heterocycles. The van der Waals surface area contributed by atoms with Gasteiger partial charge < -0.3 is 28.8 Å². The molecule has 2 heterocycles. The number of rotatable bonds is 28. The van der Waals surface area contributed by atoms with Gasteiger partial charge in [-0.15, -0.1) is 0 Å². The molecule has 2 aromatic heterocycles. The number of hydrogen-bond donors (Lipinski definition) is 1. The molecule has 0 spiro atoms. The third-order valence-corrected chi connectivity index (χ3v) is 9.21. The fourth-order valence-corrected chi connectivity index (χ4v) is 6.72. The topological polar surface area (TPSA) is 124 Å². The molecule has 0 aliphatic rings. The maximum Gasteiger partial charge on any atom is 0.356 e. The van der Waals surface area contributed by atoms with Gasteiger partial charge in [-0.1, -0.05) is 103 Å². The van der Waals surface area contributed by atoms with Gasteiger partial charge in [0.1, 0.15) is 18.2 Å². The summed E-state index contributed by atoms with van der Waals surface area (Å²) in [7, 11) is -3.44. The molecule has 43 heavy (non-hydrogen) atoms. The first-order valence-corrected chi connectivity index (χ1v) is 18.6. The van der Waals surface area contributed by atoms with Gasteiger partial charge in [0.15, 0.2) is 11.5 Å². The molecule has 0 aromatic carbocycles. The summed E-state index contributed by atoms with van der Waals surface area (Å²) in [4.78, 5) is 12.5. The lowest BCUT2D eigenvalue weighted by atomic mass is 10.0. The van der Waals surface area contributed by atoms with Crippen LogP contribution in [-0.2, 0) is 29.6 Å². The Balaban J connectivity index is 1.48. The molecule has 0 amide bonds. The maximum atomic E-state index is 13.3.